The molecule has 0 aliphatic heterocycles. The van der Waals surface area contributed by atoms with Gasteiger partial charge in [-0.3, -0.25) is 9.13 Å². The molecule has 0 fully saturated rings. The quantitative estimate of drug-likeness (QED) is 0.421. The van der Waals surface area contributed by atoms with Gasteiger partial charge in [-0.15, -0.1) is 0 Å². The molecule has 10 nitrogen and oxygen atoms in total. The highest BCUT2D eigenvalue weighted by Crippen LogP contribution is 2.34. The van der Waals surface area contributed by atoms with E-state index < -0.39 is 32.3 Å². The number of ether oxygens (including phenoxy) is 1. The van der Waals surface area contributed by atoms with Gasteiger partial charge in [-0.25, -0.2) is 9.78 Å². The first-order valence-corrected chi connectivity index (χ1v) is 6.57. The monoisotopic (exact) mass is 280 g/mol. The number of nitrogen functional groups attached to an aromatic ring is 1. The molecule has 18 heavy (non-hydrogen) atoms. The van der Waals surface area contributed by atoms with E-state index in [1.807, 2.05) is 0 Å². The standard InChI is InChI=1S/C7H13N4O6P/c8-6-9-3-11(7(13)10-6)1-5(2-12)17-4-18(14,15)16/h3,5,12H,1-2,4H2,(H2,8,10,13)(H2,14,15,16)/t5-/m0/s1. The van der Waals surface area contributed by atoms with Gasteiger partial charge in [0.05, 0.1) is 19.3 Å². The molecule has 0 saturated heterocycles. The fourth-order valence-corrected chi connectivity index (χ4v) is 1.48. The zero-order valence-corrected chi connectivity index (χ0v) is 10.1. The van der Waals surface area contributed by atoms with E-state index in [0.29, 0.717) is 0 Å². The maximum atomic E-state index is 11.3. The van der Waals surface area contributed by atoms with Crippen molar-refractivity contribution in [2.24, 2.45) is 0 Å². The Morgan fingerprint density at radius 3 is 2.72 bits per heavy atom. The number of hydrogen-bond donors (Lipinski definition) is 4. The molecule has 0 spiro atoms. The molecule has 1 aromatic heterocycles. The number of anilines is 1. The number of hydrogen-bond acceptors (Lipinski definition) is 7. The molecule has 0 bridgehead atoms. The van der Waals surface area contributed by atoms with Crippen LogP contribution >= 0.6 is 7.60 Å². The first kappa shape index (κ1) is 14.7. The van der Waals surface area contributed by atoms with Crippen LogP contribution in [-0.4, -0.2) is 48.5 Å². The molecule has 1 atom stereocenters. The number of aliphatic hydroxyl groups excluding tert-OH is 1. The minimum absolute atomic E-state index is 0.143. The summed E-state index contributed by atoms with van der Waals surface area (Å²) in [4.78, 5) is 35.5. The third kappa shape index (κ3) is 4.90. The van der Waals surface area contributed by atoms with Gasteiger partial charge in [0.1, 0.15) is 12.7 Å². The van der Waals surface area contributed by atoms with Gasteiger partial charge in [-0.2, -0.15) is 4.98 Å². The number of nitrogens with two attached hydrogens (primary N) is 1. The highest BCUT2D eigenvalue weighted by Gasteiger charge is 2.18. The van der Waals surface area contributed by atoms with Crippen molar-refractivity contribution in [2.45, 2.75) is 12.6 Å². The highest BCUT2D eigenvalue weighted by molar-refractivity contribution is 7.51. The molecule has 5 N–H and O–H groups in total. The molecule has 1 aromatic rings. The van der Waals surface area contributed by atoms with Crippen molar-refractivity contribution in [1.29, 1.82) is 0 Å². The highest BCUT2D eigenvalue weighted by atomic mass is 31.2. The van der Waals surface area contributed by atoms with Crippen molar-refractivity contribution in [3.63, 3.8) is 0 Å². The van der Waals surface area contributed by atoms with Crippen LogP contribution in [0.4, 0.5) is 5.95 Å². The average molecular weight is 280 g/mol. The first-order chi connectivity index (χ1) is 8.31. The van der Waals surface area contributed by atoms with Crippen LogP contribution in [0.3, 0.4) is 0 Å². The maximum absolute atomic E-state index is 11.3. The summed E-state index contributed by atoms with van der Waals surface area (Å²) in [6.07, 6.45) is -0.695. The summed E-state index contributed by atoms with van der Waals surface area (Å²) in [5.41, 5.74) is 4.49. The van der Waals surface area contributed by atoms with Crippen molar-refractivity contribution in [1.82, 2.24) is 14.5 Å². The molecule has 0 amide bonds. The Bertz CT molecular complexity index is 499. The lowest BCUT2D eigenvalue weighted by molar-refractivity contribution is 0.0187. The van der Waals surface area contributed by atoms with Crippen LogP contribution in [-0.2, 0) is 15.8 Å². The summed E-state index contributed by atoms with van der Waals surface area (Å²) in [5.74, 6) is -0.187. The summed E-state index contributed by atoms with van der Waals surface area (Å²) in [6.45, 7) is -0.660. The van der Waals surface area contributed by atoms with Crippen molar-refractivity contribution >= 4 is 13.5 Å². The predicted octanol–water partition coefficient (Wildman–Crippen LogP) is -2.27. The number of rotatable bonds is 6. The Morgan fingerprint density at radius 2 is 2.22 bits per heavy atom. The Balaban J connectivity index is 2.68. The number of nitrogens with zero attached hydrogens (tertiary/aromatic N) is 3. The van der Waals surface area contributed by atoms with Gasteiger partial charge in [0.15, 0.2) is 0 Å². The lowest BCUT2D eigenvalue weighted by atomic mass is 10.4. The number of aliphatic hydroxyl groups is 1. The van der Waals surface area contributed by atoms with E-state index in [-0.39, 0.29) is 12.5 Å². The third-order valence-corrected chi connectivity index (χ3v) is 2.35. The van der Waals surface area contributed by atoms with Crippen LogP contribution in [0, 0.1) is 0 Å². The van der Waals surface area contributed by atoms with Crippen LogP contribution in [0.5, 0.6) is 0 Å². The molecule has 0 aliphatic rings. The molecule has 102 valence electrons. The molecule has 0 unspecified atom stereocenters. The largest absolute Gasteiger partial charge is 0.394 e. The summed E-state index contributed by atoms with van der Waals surface area (Å²) in [7, 11) is -4.33. The summed E-state index contributed by atoms with van der Waals surface area (Å²) >= 11 is 0. The molecule has 0 aromatic carbocycles. The smallest absolute Gasteiger partial charge is 0.352 e. The zero-order chi connectivity index (χ0) is 13.8. The molecule has 0 saturated carbocycles. The van der Waals surface area contributed by atoms with Crippen molar-refractivity contribution in [3.05, 3.63) is 16.8 Å². The van der Waals surface area contributed by atoms with E-state index in [4.69, 9.17) is 25.4 Å². The van der Waals surface area contributed by atoms with Gasteiger partial charge in [0.2, 0.25) is 5.95 Å². The second-order valence-corrected chi connectivity index (χ2v) is 5.00. The van der Waals surface area contributed by atoms with Crippen LogP contribution in [0.1, 0.15) is 0 Å². The van der Waals surface area contributed by atoms with Crippen LogP contribution < -0.4 is 11.4 Å². The zero-order valence-electron chi connectivity index (χ0n) is 9.21. The third-order valence-electron chi connectivity index (χ3n) is 1.87. The Kier molecular flexibility index (Phi) is 4.93. The Morgan fingerprint density at radius 1 is 1.56 bits per heavy atom. The average Bonchev–Trinajstić information content (AvgIpc) is 2.25. The Labute approximate surface area is 101 Å². The van der Waals surface area contributed by atoms with Gasteiger partial charge in [-0.05, 0) is 0 Å². The van der Waals surface area contributed by atoms with E-state index in [1.54, 1.807) is 0 Å². The van der Waals surface area contributed by atoms with E-state index in [0.717, 1.165) is 10.9 Å². The molecule has 1 heterocycles. The fraction of sp³-hybridized carbons (Fsp3) is 0.571. The molecular formula is C7H13N4O6P. The summed E-state index contributed by atoms with van der Waals surface area (Å²) < 4.78 is 16.4. The second-order valence-electron chi connectivity index (χ2n) is 3.41. The lowest BCUT2D eigenvalue weighted by Gasteiger charge is -2.16. The van der Waals surface area contributed by atoms with Gasteiger partial charge in [0.25, 0.3) is 0 Å². The molecular weight excluding hydrogens is 267 g/mol. The molecule has 1 rings (SSSR count). The maximum Gasteiger partial charge on any atom is 0.352 e. The van der Waals surface area contributed by atoms with Crippen LogP contribution in [0.2, 0.25) is 0 Å². The fourth-order valence-electron chi connectivity index (χ4n) is 1.08. The Hall–Kier alpha value is -1.32. The van der Waals surface area contributed by atoms with Crippen LogP contribution in [0.15, 0.2) is 11.1 Å². The van der Waals surface area contributed by atoms with Crippen molar-refractivity contribution in [2.75, 3.05) is 18.7 Å². The topological polar surface area (TPSA) is 161 Å². The second kappa shape index (κ2) is 6.03. The SMILES string of the molecule is Nc1ncn(C[C@@H](CO)OCP(=O)(O)O)c(=O)n1. The van der Waals surface area contributed by atoms with E-state index in [2.05, 4.69) is 9.97 Å². The van der Waals surface area contributed by atoms with Gasteiger partial charge < -0.3 is 25.4 Å². The predicted molar refractivity (Wildman–Crippen MR) is 59.6 cm³/mol. The lowest BCUT2D eigenvalue weighted by Crippen LogP contribution is -2.32. The minimum Gasteiger partial charge on any atom is -0.394 e. The van der Waals surface area contributed by atoms with Gasteiger partial charge in [0, 0.05) is 0 Å². The van der Waals surface area contributed by atoms with Crippen molar-refractivity contribution < 1.29 is 24.2 Å². The van der Waals surface area contributed by atoms with E-state index in [1.165, 1.54) is 0 Å². The molecule has 11 heteroatoms. The van der Waals surface area contributed by atoms with Crippen LogP contribution in [0.25, 0.3) is 0 Å². The molecule has 0 radical (unpaired) electrons. The summed E-state index contributed by atoms with van der Waals surface area (Å²) in [5, 5.41) is 8.97. The first-order valence-electron chi connectivity index (χ1n) is 4.78. The van der Waals surface area contributed by atoms with E-state index >= 15 is 0 Å². The van der Waals surface area contributed by atoms with E-state index in [9.17, 15) is 9.36 Å². The summed E-state index contributed by atoms with van der Waals surface area (Å²) in [6, 6.07) is 0. The normalized spacial score (nSPS) is 13.5. The minimum atomic E-state index is -4.33. The van der Waals surface area contributed by atoms with Crippen molar-refractivity contribution in [3.8, 4) is 0 Å². The number of aromatic nitrogens is 3. The molecule has 0 aliphatic carbocycles. The van der Waals surface area contributed by atoms with Gasteiger partial charge in [-0.1, -0.05) is 0 Å². The van der Waals surface area contributed by atoms with Gasteiger partial charge >= 0.3 is 13.3 Å².